The molecule has 3 aromatic rings. The number of rotatable bonds is 5. The van der Waals surface area contributed by atoms with Gasteiger partial charge >= 0.3 is 0 Å². The summed E-state index contributed by atoms with van der Waals surface area (Å²) in [5.74, 6) is 1.96. The molecule has 0 radical (unpaired) electrons. The number of aromatic nitrogens is 5. The zero-order chi connectivity index (χ0) is 18.3. The minimum atomic E-state index is -0.287. The molecule has 6 nitrogen and oxygen atoms in total. The molecule has 26 heavy (non-hydrogen) atoms. The largest absolute Gasteiger partial charge is 0.424 e. The van der Waals surface area contributed by atoms with Crippen molar-refractivity contribution in [1.29, 1.82) is 0 Å². The minimum absolute atomic E-state index is 0.179. The van der Waals surface area contributed by atoms with Crippen molar-refractivity contribution >= 4 is 11.8 Å². The van der Waals surface area contributed by atoms with E-state index in [9.17, 15) is 4.39 Å². The normalized spacial score (nSPS) is 14.8. The summed E-state index contributed by atoms with van der Waals surface area (Å²) in [6.45, 7) is 6.09. The standard InChI is InChI=1S/C18H20FN5OS/c1-18(2,3)16-22-20-14(25-16)10-26-17-23-21-15(24(17)11-8-9-11)12-6-4-5-7-13(12)19/h4-7,11H,8-10H2,1-3H3. The second-order valence-electron chi connectivity index (χ2n) is 7.43. The van der Waals surface area contributed by atoms with Crippen LogP contribution in [0.5, 0.6) is 0 Å². The van der Waals surface area contributed by atoms with Crippen LogP contribution in [0, 0.1) is 5.82 Å². The van der Waals surface area contributed by atoms with E-state index in [0.717, 1.165) is 18.0 Å². The fraction of sp³-hybridized carbons (Fsp3) is 0.444. The van der Waals surface area contributed by atoms with Crippen LogP contribution in [-0.2, 0) is 11.2 Å². The Bertz CT molecular complexity index is 926. The number of benzene rings is 1. The predicted octanol–water partition coefficient (Wildman–Crippen LogP) is 4.39. The molecular formula is C18H20FN5OS. The van der Waals surface area contributed by atoms with Crippen LogP contribution in [-0.4, -0.2) is 25.0 Å². The number of hydrogen-bond acceptors (Lipinski definition) is 6. The lowest BCUT2D eigenvalue weighted by molar-refractivity contribution is 0.378. The summed E-state index contributed by atoms with van der Waals surface area (Å²) in [6, 6.07) is 6.99. The summed E-state index contributed by atoms with van der Waals surface area (Å²) >= 11 is 1.48. The van der Waals surface area contributed by atoms with Crippen molar-refractivity contribution in [2.24, 2.45) is 0 Å². The van der Waals surface area contributed by atoms with Gasteiger partial charge in [-0.15, -0.1) is 20.4 Å². The van der Waals surface area contributed by atoms with Gasteiger partial charge in [0.25, 0.3) is 0 Å². The molecule has 0 unspecified atom stereocenters. The van der Waals surface area contributed by atoms with Crippen LogP contribution in [0.25, 0.3) is 11.4 Å². The molecule has 0 spiro atoms. The molecule has 0 bridgehead atoms. The Labute approximate surface area is 155 Å². The topological polar surface area (TPSA) is 69.6 Å². The van der Waals surface area contributed by atoms with E-state index in [-0.39, 0.29) is 11.2 Å². The fourth-order valence-corrected chi connectivity index (χ4v) is 3.45. The average Bonchev–Trinajstić information content (AvgIpc) is 3.16. The summed E-state index contributed by atoms with van der Waals surface area (Å²) in [5.41, 5.74) is 0.300. The lowest BCUT2D eigenvalue weighted by atomic mass is 9.97. The van der Waals surface area contributed by atoms with Crippen molar-refractivity contribution in [2.75, 3.05) is 0 Å². The van der Waals surface area contributed by atoms with Gasteiger partial charge in [0.2, 0.25) is 11.8 Å². The van der Waals surface area contributed by atoms with Crippen LogP contribution < -0.4 is 0 Å². The second kappa shape index (κ2) is 6.50. The molecule has 8 heteroatoms. The summed E-state index contributed by atoms with van der Waals surface area (Å²) in [6.07, 6.45) is 2.11. The maximum Gasteiger partial charge on any atom is 0.226 e. The van der Waals surface area contributed by atoms with Gasteiger partial charge in [-0.2, -0.15) is 0 Å². The highest BCUT2D eigenvalue weighted by atomic mass is 32.2. The van der Waals surface area contributed by atoms with E-state index in [1.54, 1.807) is 12.1 Å². The maximum atomic E-state index is 14.2. The first-order chi connectivity index (χ1) is 12.4. The van der Waals surface area contributed by atoms with Gasteiger partial charge in [-0.25, -0.2) is 4.39 Å². The van der Waals surface area contributed by atoms with E-state index < -0.39 is 0 Å². The molecule has 1 aromatic carbocycles. The van der Waals surface area contributed by atoms with Gasteiger partial charge in [-0.3, -0.25) is 4.57 Å². The average molecular weight is 373 g/mol. The van der Waals surface area contributed by atoms with Gasteiger partial charge in [0.1, 0.15) is 5.82 Å². The highest BCUT2D eigenvalue weighted by Gasteiger charge is 2.31. The number of hydrogen-bond donors (Lipinski definition) is 0. The third-order valence-electron chi connectivity index (χ3n) is 4.12. The Morgan fingerprint density at radius 1 is 1.15 bits per heavy atom. The summed E-state index contributed by atoms with van der Waals surface area (Å²) in [4.78, 5) is 0. The van der Waals surface area contributed by atoms with E-state index in [1.165, 1.54) is 17.8 Å². The van der Waals surface area contributed by atoms with E-state index in [2.05, 4.69) is 20.4 Å². The van der Waals surface area contributed by atoms with Crippen LogP contribution in [0.15, 0.2) is 33.8 Å². The van der Waals surface area contributed by atoms with Crippen molar-refractivity contribution in [3.8, 4) is 11.4 Å². The van der Waals surface area contributed by atoms with Crippen LogP contribution in [0.3, 0.4) is 0 Å². The van der Waals surface area contributed by atoms with Crippen molar-refractivity contribution < 1.29 is 8.81 Å². The molecule has 0 amide bonds. The van der Waals surface area contributed by atoms with Crippen molar-refractivity contribution in [3.05, 3.63) is 41.9 Å². The van der Waals surface area contributed by atoms with Crippen LogP contribution >= 0.6 is 11.8 Å². The first kappa shape index (κ1) is 17.2. The van der Waals surface area contributed by atoms with Crippen LogP contribution in [0.4, 0.5) is 4.39 Å². The van der Waals surface area contributed by atoms with E-state index in [0.29, 0.717) is 35.0 Å². The number of nitrogens with zero attached hydrogens (tertiary/aromatic N) is 5. The molecule has 0 aliphatic heterocycles. The minimum Gasteiger partial charge on any atom is -0.424 e. The van der Waals surface area contributed by atoms with Gasteiger partial charge in [0.15, 0.2) is 11.0 Å². The van der Waals surface area contributed by atoms with Gasteiger partial charge in [-0.1, -0.05) is 44.7 Å². The molecule has 1 saturated carbocycles. The smallest absolute Gasteiger partial charge is 0.226 e. The molecule has 1 aliphatic rings. The van der Waals surface area contributed by atoms with Crippen LogP contribution in [0.1, 0.15) is 51.4 Å². The van der Waals surface area contributed by atoms with Crippen LogP contribution in [0.2, 0.25) is 0 Å². The molecule has 2 aromatic heterocycles. The Morgan fingerprint density at radius 3 is 2.58 bits per heavy atom. The Kier molecular flexibility index (Phi) is 4.30. The molecular weight excluding hydrogens is 353 g/mol. The Hall–Kier alpha value is -2.22. The van der Waals surface area contributed by atoms with Gasteiger partial charge in [0, 0.05) is 11.5 Å². The molecule has 1 aliphatic carbocycles. The molecule has 0 atom stereocenters. The highest BCUT2D eigenvalue weighted by Crippen LogP contribution is 2.41. The first-order valence-electron chi connectivity index (χ1n) is 8.59. The molecule has 136 valence electrons. The van der Waals surface area contributed by atoms with Gasteiger partial charge in [-0.05, 0) is 25.0 Å². The zero-order valence-corrected chi connectivity index (χ0v) is 15.8. The lowest BCUT2D eigenvalue weighted by Gasteiger charge is -2.11. The fourth-order valence-electron chi connectivity index (χ4n) is 2.60. The van der Waals surface area contributed by atoms with Gasteiger partial charge < -0.3 is 4.42 Å². The molecule has 4 rings (SSSR count). The first-order valence-corrected chi connectivity index (χ1v) is 9.57. The zero-order valence-electron chi connectivity index (χ0n) is 14.9. The third kappa shape index (κ3) is 3.38. The SMILES string of the molecule is CC(C)(C)c1nnc(CSc2nnc(-c3ccccc3F)n2C2CC2)o1. The van der Waals surface area contributed by atoms with Gasteiger partial charge in [0.05, 0.1) is 11.3 Å². The van der Waals surface area contributed by atoms with Crippen molar-refractivity contribution in [2.45, 2.75) is 56.0 Å². The quantitative estimate of drug-likeness (QED) is 0.618. The lowest BCUT2D eigenvalue weighted by Crippen LogP contribution is -2.11. The highest BCUT2D eigenvalue weighted by molar-refractivity contribution is 7.98. The number of halogens is 1. The summed E-state index contributed by atoms with van der Waals surface area (Å²) in [5, 5.41) is 17.5. The number of thioether (sulfide) groups is 1. The third-order valence-corrected chi connectivity index (χ3v) is 5.05. The monoisotopic (exact) mass is 373 g/mol. The Balaban J connectivity index is 1.58. The molecule has 0 saturated heterocycles. The van der Waals surface area contributed by atoms with E-state index >= 15 is 0 Å². The van der Waals surface area contributed by atoms with E-state index in [1.807, 2.05) is 31.4 Å². The summed E-state index contributed by atoms with van der Waals surface area (Å²) in [7, 11) is 0. The Morgan fingerprint density at radius 2 is 1.92 bits per heavy atom. The van der Waals surface area contributed by atoms with Crippen molar-refractivity contribution in [3.63, 3.8) is 0 Å². The maximum absolute atomic E-state index is 14.2. The molecule has 2 heterocycles. The second-order valence-corrected chi connectivity index (χ2v) is 8.37. The van der Waals surface area contributed by atoms with Crippen molar-refractivity contribution in [1.82, 2.24) is 25.0 Å². The predicted molar refractivity (Wildman–Crippen MR) is 96.2 cm³/mol. The summed E-state index contributed by atoms with van der Waals surface area (Å²) < 4.78 is 22.0. The molecule has 1 fully saturated rings. The van der Waals surface area contributed by atoms with E-state index in [4.69, 9.17) is 4.42 Å². The molecule has 0 N–H and O–H groups in total.